The van der Waals surface area contributed by atoms with Gasteiger partial charge >= 0.3 is 5.51 Å². The van der Waals surface area contributed by atoms with Crippen molar-refractivity contribution in [2.45, 2.75) is 24.0 Å². The van der Waals surface area contributed by atoms with Crippen molar-refractivity contribution in [3.05, 3.63) is 59.6 Å². The SMILES string of the molecule is Cc1ccc(-c2noc(CN3CCN(C(=O)c4cccnc4SC(F)(F)F)CC3)n2)cc1. The van der Waals surface area contributed by atoms with E-state index in [9.17, 15) is 18.0 Å². The summed E-state index contributed by atoms with van der Waals surface area (Å²) in [5.74, 6) is 0.528. The number of alkyl halides is 3. The molecule has 1 fully saturated rings. The van der Waals surface area contributed by atoms with Gasteiger partial charge in [-0.1, -0.05) is 35.0 Å². The zero-order valence-electron chi connectivity index (χ0n) is 17.2. The molecule has 3 aromatic rings. The highest BCUT2D eigenvalue weighted by molar-refractivity contribution is 8.00. The molecule has 0 bridgehead atoms. The number of benzene rings is 1. The zero-order chi connectivity index (χ0) is 22.7. The maximum atomic E-state index is 12.8. The highest BCUT2D eigenvalue weighted by Gasteiger charge is 2.33. The molecule has 0 N–H and O–H groups in total. The Kier molecular flexibility index (Phi) is 6.47. The topological polar surface area (TPSA) is 75.4 Å². The van der Waals surface area contributed by atoms with Crippen LogP contribution in [-0.4, -0.2) is 62.5 Å². The van der Waals surface area contributed by atoms with Crippen LogP contribution in [0.3, 0.4) is 0 Å². The van der Waals surface area contributed by atoms with Crippen LogP contribution in [0.15, 0.2) is 52.1 Å². The number of hydrogen-bond donors (Lipinski definition) is 0. The Morgan fingerprint density at radius 3 is 2.53 bits per heavy atom. The Hall–Kier alpha value is -2.92. The number of carbonyl (C=O) groups is 1. The lowest BCUT2D eigenvalue weighted by molar-refractivity contribution is -0.0329. The lowest BCUT2D eigenvalue weighted by Gasteiger charge is -2.34. The van der Waals surface area contributed by atoms with Gasteiger partial charge in [0.25, 0.3) is 5.91 Å². The van der Waals surface area contributed by atoms with E-state index >= 15 is 0 Å². The highest BCUT2D eigenvalue weighted by atomic mass is 32.2. The Morgan fingerprint density at radius 2 is 1.84 bits per heavy atom. The van der Waals surface area contributed by atoms with Gasteiger partial charge < -0.3 is 9.42 Å². The summed E-state index contributed by atoms with van der Waals surface area (Å²) in [4.78, 5) is 24.6. The maximum Gasteiger partial charge on any atom is 0.447 e. The Morgan fingerprint density at radius 1 is 1.12 bits per heavy atom. The lowest BCUT2D eigenvalue weighted by Crippen LogP contribution is -2.48. The van der Waals surface area contributed by atoms with Crippen molar-refractivity contribution in [1.82, 2.24) is 24.9 Å². The molecule has 2 aromatic heterocycles. The number of halogens is 3. The third kappa shape index (κ3) is 5.46. The van der Waals surface area contributed by atoms with Crippen LogP contribution < -0.4 is 0 Å². The molecule has 0 saturated carbocycles. The third-order valence-electron chi connectivity index (χ3n) is 5.01. The molecule has 7 nitrogen and oxygen atoms in total. The second kappa shape index (κ2) is 9.29. The van der Waals surface area contributed by atoms with E-state index < -0.39 is 11.4 Å². The van der Waals surface area contributed by atoms with Gasteiger partial charge in [-0.05, 0) is 19.1 Å². The number of aryl methyl sites for hydroxylation is 1. The normalized spacial score (nSPS) is 15.2. The predicted molar refractivity (Wildman–Crippen MR) is 112 cm³/mol. The molecular weight excluding hydrogens is 443 g/mol. The van der Waals surface area contributed by atoms with Gasteiger partial charge in [0.05, 0.1) is 12.1 Å². The molecule has 0 aliphatic carbocycles. The van der Waals surface area contributed by atoms with E-state index in [0.29, 0.717) is 44.4 Å². The largest absolute Gasteiger partial charge is 0.447 e. The Balaban J connectivity index is 1.35. The van der Waals surface area contributed by atoms with Crippen LogP contribution in [-0.2, 0) is 6.54 Å². The van der Waals surface area contributed by atoms with E-state index in [-0.39, 0.29) is 22.4 Å². The summed E-state index contributed by atoms with van der Waals surface area (Å²) in [6, 6.07) is 10.6. The monoisotopic (exact) mass is 463 g/mol. The van der Waals surface area contributed by atoms with Crippen molar-refractivity contribution in [2.75, 3.05) is 26.2 Å². The minimum atomic E-state index is -4.51. The van der Waals surface area contributed by atoms with Crippen LogP contribution in [0.2, 0.25) is 0 Å². The fourth-order valence-electron chi connectivity index (χ4n) is 3.35. The van der Waals surface area contributed by atoms with E-state index in [1.165, 1.54) is 18.3 Å². The molecule has 0 radical (unpaired) electrons. The van der Waals surface area contributed by atoms with Crippen LogP contribution in [0.1, 0.15) is 21.8 Å². The molecular formula is C21H20F3N5O2S. The van der Waals surface area contributed by atoms with Crippen LogP contribution in [0.4, 0.5) is 13.2 Å². The zero-order valence-corrected chi connectivity index (χ0v) is 18.0. The number of carbonyl (C=O) groups excluding carboxylic acids is 1. The smallest absolute Gasteiger partial charge is 0.338 e. The van der Waals surface area contributed by atoms with Gasteiger partial charge in [0.2, 0.25) is 11.7 Å². The first-order valence-corrected chi connectivity index (χ1v) is 10.7. The van der Waals surface area contributed by atoms with Crippen LogP contribution >= 0.6 is 11.8 Å². The summed E-state index contributed by atoms with van der Waals surface area (Å²) in [5.41, 5.74) is -2.54. The van der Waals surface area contributed by atoms with Crippen molar-refractivity contribution in [3.8, 4) is 11.4 Å². The van der Waals surface area contributed by atoms with E-state index in [1.807, 2.05) is 31.2 Å². The first kappa shape index (κ1) is 22.3. The van der Waals surface area contributed by atoms with Crippen LogP contribution in [0.25, 0.3) is 11.4 Å². The van der Waals surface area contributed by atoms with Crippen molar-refractivity contribution < 1.29 is 22.5 Å². The number of pyridine rings is 1. The molecule has 32 heavy (non-hydrogen) atoms. The number of piperazine rings is 1. The number of amides is 1. The third-order valence-corrected chi connectivity index (χ3v) is 5.76. The van der Waals surface area contributed by atoms with Gasteiger partial charge in [-0.15, -0.1) is 0 Å². The second-order valence-electron chi connectivity index (χ2n) is 7.35. The fraction of sp³-hybridized carbons (Fsp3) is 0.333. The molecule has 0 atom stereocenters. The van der Waals surface area contributed by atoms with E-state index in [0.717, 1.165) is 11.1 Å². The molecule has 0 spiro atoms. The second-order valence-corrected chi connectivity index (χ2v) is 8.40. The van der Waals surface area contributed by atoms with Crippen molar-refractivity contribution in [2.24, 2.45) is 0 Å². The van der Waals surface area contributed by atoms with Crippen molar-refractivity contribution in [3.63, 3.8) is 0 Å². The van der Waals surface area contributed by atoms with Crippen molar-refractivity contribution >= 4 is 17.7 Å². The summed E-state index contributed by atoms with van der Waals surface area (Å²) in [6.45, 7) is 4.26. The quantitative estimate of drug-likeness (QED) is 0.529. The van der Waals surface area contributed by atoms with Gasteiger partial charge in [0.15, 0.2) is 0 Å². The summed E-state index contributed by atoms with van der Waals surface area (Å²) in [7, 11) is 0. The van der Waals surface area contributed by atoms with E-state index in [2.05, 4.69) is 20.0 Å². The van der Waals surface area contributed by atoms with E-state index in [4.69, 9.17) is 4.52 Å². The van der Waals surface area contributed by atoms with Gasteiger partial charge in [0.1, 0.15) is 5.03 Å². The Labute approximate surface area is 186 Å². The molecule has 1 aromatic carbocycles. The first-order chi connectivity index (χ1) is 15.3. The van der Waals surface area contributed by atoms with Gasteiger partial charge in [-0.2, -0.15) is 18.2 Å². The summed E-state index contributed by atoms with van der Waals surface area (Å²) in [5, 5.41) is 3.69. The fourth-order valence-corrected chi connectivity index (χ4v) is 3.95. The molecule has 1 amide bonds. The van der Waals surface area contributed by atoms with Gasteiger partial charge in [-0.25, -0.2) is 4.98 Å². The molecule has 11 heteroatoms. The predicted octanol–water partition coefficient (Wildman–Crippen LogP) is 4.01. The summed E-state index contributed by atoms with van der Waals surface area (Å²) in [6.07, 6.45) is 1.25. The number of rotatable bonds is 5. The maximum absolute atomic E-state index is 12.8. The molecule has 168 valence electrons. The molecule has 1 aliphatic heterocycles. The lowest BCUT2D eigenvalue weighted by atomic mass is 10.1. The minimum absolute atomic E-state index is 0.0390. The first-order valence-electron chi connectivity index (χ1n) is 9.90. The highest BCUT2D eigenvalue weighted by Crippen LogP contribution is 2.37. The summed E-state index contributed by atoms with van der Waals surface area (Å²) < 4.78 is 43.7. The van der Waals surface area contributed by atoms with Gasteiger partial charge in [0, 0.05) is 49.7 Å². The molecule has 4 rings (SSSR count). The average Bonchev–Trinajstić information content (AvgIpc) is 3.22. The molecule has 1 aliphatic rings. The average molecular weight is 463 g/mol. The standard InChI is InChI=1S/C21H20F3N5O2S/c1-14-4-6-15(7-5-14)18-26-17(31-27-18)13-28-9-11-29(12-10-28)20(30)16-3-2-8-25-19(16)32-21(22,23)24/h2-8H,9-13H2,1H3. The number of aromatic nitrogens is 3. The number of hydrogen-bond acceptors (Lipinski definition) is 7. The minimum Gasteiger partial charge on any atom is -0.338 e. The number of nitrogens with zero attached hydrogens (tertiary/aromatic N) is 5. The molecule has 0 unspecified atom stereocenters. The molecule has 3 heterocycles. The molecule has 1 saturated heterocycles. The summed E-state index contributed by atoms with van der Waals surface area (Å²) >= 11 is -0.373. The van der Waals surface area contributed by atoms with Crippen LogP contribution in [0.5, 0.6) is 0 Å². The Bertz CT molecular complexity index is 1080. The van der Waals surface area contributed by atoms with E-state index in [1.54, 1.807) is 4.90 Å². The van der Waals surface area contributed by atoms with Gasteiger partial charge in [-0.3, -0.25) is 9.69 Å². The van der Waals surface area contributed by atoms with Crippen LogP contribution in [0, 0.1) is 6.92 Å². The van der Waals surface area contributed by atoms with Crippen molar-refractivity contribution in [1.29, 1.82) is 0 Å². The number of thioether (sulfide) groups is 1.